The van der Waals surface area contributed by atoms with Crippen LogP contribution in [-0.2, 0) is 10.0 Å². The fraction of sp³-hybridized carbons (Fsp3) is 0.118. The summed E-state index contributed by atoms with van der Waals surface area (Å²) in [6, 6.07) is 10.8. The summed E-state index contributed by atoms with van der Waals surface area (Å²) in [5, 5.41) is 0.849. The van der Waals surface area contributed by atoms with Crippen molar-refractivity contribution >= 4 is 45.1 Å². The van der Waals surface area contributed by atoms with E-state index in [0.717, 1.165) is 9.87 Å². The molecule has 0 aliphatic heterocycles. The van der Waals surface area contributed by atoms with Gasteiger partial charge < -0.3 is 0 Å². The first-order chi connectivity index (χ1) is 11.2. The topological polar surface area (TPSA) is 54.5 Å². The molecule has 4 nitrogen and oxygen atoms in total. The Hall–Kier alpha value is -1.66. The molecule has 2 rings (SSSR count). The van der Waals surface area contributed by atoms with Gasteiger partial charge in [-0.1, -0.05) is 35.3 Å². The largest absolute Gasteiger partial charge is 0.289 e. The van der Waals surface area contributed by atoms with E-state index in [2.05, 4.69) is 0 Å². The van der Waals surface area contributed by atoms with E-state index in [0.29, 0.717) is 15.6 Å². The molecule has 2 aromatic rings. The van der Waals surface area contributed by atoms with E-state index in [-0.39, 0.29) is 10.7 Å². The zero-order valence-corrected chi connectivity index (χ0v) is 15.4. The molecular formula is C17H15Cl2NO3S. The monoisotopic (exact) mass is 383 g/mol. The summed E-state index contributed by atoms with van der Waals surface area (Å²) < 4.78 is 25.1. The van der Waals surface area contributed by atoms with Crippen LogP contribution >= 0.6 is 23.2 Å². The first-order valence-electron chi connectivity index (χ1n) is 6.92. The fourth-order valence-electron chi connectivity index (χ4n) is 1.89. The zero-order valence-electron chi connectivity index (χ0n) is 13.0. The summed E-state index contributed by atoms with van der Waals surface area (Å²) in [5.41, 5.74) is 1.13. The van der Waals surface area contributed by atoms with Gasteiger partial charge in [-0.15, -0.1) is 0 Å². The van der Waals surface area contributed by atoms with E-state index >= 15 is 0 Å². The van der Waals surface area contributed by atoms with Gasteiger partial charge in [0.1, 0.15) is 0 Å². The maximum Gasteiger partial charge on any atom is 0.242 e. The number of carbonyl (C=O) groups is 1. The van der Waals surface area contributed by atoms with Crippen molar-refractivity contribution in [3.63, 3.8) is 0 Å². The van der Waals surface area contributed by atoms with Crippen molar-refractivity contribution in [2.24, 2.45) is 0 Å². The molecule has 7 heteroatoms. The molecule has 0 N–H and O–H groups in total. The van der Waals surface area contributed by atoms with Crippen molar-refractivity contribution in [2.45, 2.75) is 4.90 Å². The normalized spacial score (nSPS) is 12.0. The van der Waals surface area contributed by atoms with E-state index in [1.807, 2.05) is 0 Å². The Morgan fingerprint density at radius 1 is 1.00 bits per heavy atom. The summed E-state index contributed by atoms with van der Waals surface area (Å²) >= 11 is 11.8. The highest BCUT2D eigenvalue weighted by atomic mass is 35.5. The number of halogens is 2. The molecule has 0 fully saturated rings. The highest BCUT2D eigenvalue weighted by molar-refractivity contribution is 7.89. The number of carbonyl (C=O) groups excluding carboxylic acids is 1. The maximum absolute atomic E-state index is 12.2. The van der Waals surface area contributed by atoms with Crippen LogP contribution in [0.2, 0.25) is 10.0 Å². The highest BCUT2D eigenvalue weighted by Gasteiger charge is 2.17. The van der Waals surface area contributed by atoms with Gasteiger partial charge in [-0.05, 0) is 48.0 Å². The second kappa shape index (κ2) is 7.49. The van der Waals surface area contributed by atoms with E-state index in [4.69, 9.17) is 23.2 Å². The van der Waals surface area contributed by atoms with Crippen LogP contribution in [0.4, 0.5) is 0 Å². The molecule has 0 aliphatic carbocycles. The second-order valence-electron chi connectivity index (χ2n) is 5.18. The lowest BCUT2D eigenvalue weighted by Gasteiger charge is -2.11. The zero-order chi connectivity index (χ0) is 17.9. The van der Waals surface area contributed by atoms with E-state index in [9.17, 15) is 13.2 Å². The third kappa shape index (κ3) is 4.24. The Bertz CT molecular complexity index is 889. The van der Waals surface area contributed by atoms with Crippen LogP contribution in [-0.4, -0.2) is 32.6 Å². The Morgan fingerprint density at radius 3 is 2.17 bits per heavy atom. The molecule has 0 atom stereocenters. The van der Waals surface area contributed by atoms with E-state index in [1.54, 1.807) is 24.3 Å². The van der Waals surface area contributed by atoms with Crippen LogP contribution in [0.25, 0.3) is 6.08 Å². The van der Waals surface area contributed by atoms with E-state index < -0.39 is 10.0 Å². The fourth-order valence-corrected chi connectivity index (χ4v) is 3.09. The molecule has 0 bridgehead atoms. The minimum atomic E-state index is -3.51. The molecule has 0 heterocycles. The molecule has 0 spiro atoms. The minimum absolute atomic E-state index is 0.137. The first kappa shape index (κ1) is 18.7. The Morgan fingerprint density at radius 2 is 1.62 bits per heavy atom. The molecule has 0 amide bonds. The number of allylic oxidation sites excluding steroid dienone is 1. The summed E-state index contributed by atoms with van der Waals surface area (Å²) in [6.45, 7) is 0. The predicted octanol–water partition coefficient (Wildman–Crippen LogP) is 4.14. The SMILES string of the molecule is CN(C)S(=O)(=O)c1ccc(C(=O)/C=C/c2ccc(Cl)c(Cl)c2)cc1. The molecule has 0 saturated heterocycles. The third-order valence-corrected chi connectivity index (χ3v) is 5.86. The quantitative estimate of drug-likeness (QED) is 0.575. The smallest absolute Gasteiger partial charge is 0.242 e. The lowest BCUT2D eigenvalue weighted by molar-refractivity contribution is 0.104. The van der Waals surface area contributed by atoms with Crippen LogP contribution in [0.15, 0.2) is 53.4 Å². The molecule has 24 heavy (non-hydrogen) atoms. The minimum Gasteiger partial charge on any atom is -0.289 e. The molecule has 2 aromatic carbocycles. The second-order valence-corrected chi connectivity index (χ2v) is 8.15. The molecule has 0 aromatic heterocycles. The van der Waals surface area contributed by atoms with Crippen molar-refractivity contribution in [3.05, 3.63) is 69.7 Å². The number of sulfonamides is 1. The van der Waals surface area contributed by atoms with Gasteiger partial charge in [-0.25, -0.2) is 12.7 Å². The number of hydrogen-bond donors (Lipinski definition) is 0. The standard InChI is InChI=1S/C17H15Cl2NO3S/c1-20(2)24(22,23)14-7-5-13(6-8-14)17(21)10-4-12-3-9-15(18)16(19)11-12/h3-11H,1-2H3/b10-4+. The summed E-state index contributed by atoms with van der Waals surface area (Å²) in [5.74, 6) is -0.241. The lowest BCUT2D eigenvalue weighted by atomic mass is 10.1. The summed E-state index contributed by atoms with van der Waals surface area (Å²) in [7, 11) is -0.601. The van der Waals surface area contributed by atoms with Gasteiger partial charge in [0.15, 0.2) is 5.78 Å². The maximum atomic E-state index is 12.2. The Kier molecular flexibility index (Phi) is 5.83. The van der Waals surface area contributed by atoms with Crippen LogP contribution in [0.5, 0.6) is 0 Å². The van der Waals surface area contributed by atoms with Gasteiger partial charge in [0.05, 0.1) is 14.9 Å². The summed E-state index contributed by atoms with van der Waals surface area (Å²) in [6.07, 6.45) is 3.02. The number of nitrogens with zero attached hydrogens (tertiary/aromatic N) is 1. The first-order valence-corrected chi connectivity index (χ1v) is 9.11. The van der Waals surface area contributed by atoms with Gasteiger partial charge in [0.2, 0.25) is 10.0 Å². The van der Waals surface area contributed by atoms with Crippen molar-refractivity contribution in [1.82, 2.24) is 4.31 Å². The number of hydrogen-bond acceptors (Lipinski definition) is 3. The van der Waals surface area contributed by atoms with Gasteiger partial charge >= 0.3 is 0 Å². The van der Waals surface area contributed by atoms with E-state index in [1.165, 1.54) is 44.4 Å². The van der Waals surface area contributed by atoms with Crippen LogP contribution in [0.1, 0.15) is 15.9 Å². The number of rotatable bonds is 5. The molecule has 0 saturated carbocycles. The number of benzene rings is 2. The number of ketones is 1. The molecular weight excluding hydrogens is 369 g/mol. The highest BCUT2D eigenvalue weighted by Crippen LogP contribution is 2.23. The Balaban J connectivity index is 2.18. The van der Waals surface area contributed by atoms with Crippen molar-refractivity contribution in [3.8, 4) is 0 Å². The molecule has 126 valence electrons. The van der Waals surface area contributed by atoms with Crippen LogP contribution in [0, 0.1) is 0 Å². The molecule has 0 unspecified atom stereocenters. The van der Waals surface area contributed by atoms with Gasteiger partial charge in [0, 0.05) is 19.7 Å². The molecule has 0 aliphatic rings. The van der Waals surface area contributed by atoms with Gasteiger partial charge in [-0.2, -0.15) is 0 Å². The van der Waals surface area contributed by atoms with Crippen molar-refractivity contribution < 1.29 is 13.2 Å². The molecule has 0 radical (unpaired) electrons. The summed E-state index contributed by atoms with van der Waals surface area (Å²) in [4.78, 5) is 12.3. The lowest BCUT2D eigenvalue weighted by Crippen LogP contribution is -2.22. The van der Waals surface area contributed by atoms with Crippen LogP contribution in [0.3, 0.4) is 0 Å². The van der Waals surface area contributed by atoms with Crippen molar-refractivity contribution in [1.29, 1.82) is 0 Å². The average Bonchev–Trinajstić information content (AvgIpc) is 2.55. The van der Waals surface area contributed by atoms with Gasteiger partial charge in [-0.3, -0.25) is 4.79 Å². The third-order valence-electron chi connectivity index (χ3n) is 3.29. The average molecular weight is 384 g/mol. The van der Waals surface area contributed by atoms with Crippen LogP contribution < -0.4 is 0 Å². The van der Waals surface area contributed by atoms with Gasteiger partial charge in [0.25, 0.3) is 0 Å². The predicted molar refractivity (Wildman–Crippen MR) is 97.1 cm³/mol. The Labute approximate surface area is 151 Å². The van der Waals surface area contributed by atoms with Crippen molar-refractivity contribution in [2.75, 3.05) is 14.1 Å².